The van der Waals surface area contributed by atoms with Gasteiger partial charge in [-0.25, -0.2) is 8.42 Å². The van der Waals surface area contributed by atoms with Crippen LogP contribution in [0.1, 0.15) is 58.3 Å². The number of hydrogen-bond donors (Lipinski definition) is 2. The third kappa shape index (κ3) is 5.30. The predicted octanol–water partition coefficient (Wildman–Crippen LogP) is 3.11. The van der Waals surface area contributed by atoms with E-state index < -0.39 is 10.0 Å². The number of nitrogens with one attached hydrogen (secondary N) is 2. The maximum atomic E-state index is 12.6. The van der Waals surface area contributed by atoms with Gasteiger partial charge in [0.2, 0.25) is 15.9 Å². The third-order valence-corrected chi connectivity index (χ3v) is 7.47. The molecule has 3 rings (SSSR count). The van der Waals surface area contributed by atoms with Crippen LogP contribution in [0.3, 0.4) is 0 Å². The van der Waals surface area contributed by atoms with Crippen molar-refractivity contribution in [3.8, 4) is 0 Å². The number of carbonyl (C=O) groups is 1. The van der Waals surface area contributed by atoms with E-state index in [0.717, 1.165) is 25.7 Å². The van der Waals surface area contributed by atoms with E-state index in [4.69, 9.17) is 0 Å². The molecule has 0 radical (unpaired) electrons. The van der Waals surface area contributed by atoms with Crippen molar-refractivity contribution in [1.82, 2.24) is 9.62 Å². The summed E-state index contributed by atoms with van der Waals surface area (Å²) >= 11 is 0. The molecule has 27 heavy (non-hydrogen) atoms. The molecular weight excluding hydrogens is 362 g/mol. The molecule has 0 unspecified atom stereocenters. The number of rotatable bonds is 6. The normalized spacial score (nSPS) is 20.9. The van der Waals surface area contributed by atoms with Crippen LogP contribution in [-0.2, 0) is 14.8 Å². The molecule has 1 amide bonds. The van der Waals surface area contributed by atoms with Crippen LogP contribution in [0, 0.1) is 0 Å². The standard InChI is InChI=1S/C20H31N3O3S/c1-16(21-17-8-4-2-3-5-9-17)20(24)22-18-10-12-19(13-11-18)27(25,26)23-14-6-7-15-23/h10-13,16-17,21H,2-9,14-15H2,1H3,(H,22,24)/t16-/m1/s1. The summed E-state index contributed by atoms with van der Waals surface area (Å²) in [4.78, 5) is 12.7. The number of benzene rings is 1. The van der Waals surface area contributed by atoms with Gasteiger partial charge in [-0.2, -0.15) is 4.31 Å². The van der Waals surface area contributed by atoms with Crippen molar-refractivity contribution < 1.29 is 13.2 Å². The van der Waals surface area contributed by atoms with Gasteiger partial charge < -0.3 is 10.6 Å². The summed E-state index contributed by atoms with van der Waals surface area (Å²) in [5.74, 6) is -0.0885. The molecule has 0 aromatic heterocycles. The summed E-state index contributed by atoms with van der Waals surface area (Å²) in [6, 6.07) is 6.61. The van der Waals surface area contributed by atoms with Gasteiger partial charge in [-0.3, -0.25) is 4.79 Å². The molecule has 1 aliphatic heterocycles. The summed E-state index contributed by atoms with van der Waals surface area (Å²) in [5.41, 5.74) is 0.620. The summed E-state index contributed by atoms with van der Waals surface area (Å²) in [6.45, 7) is 3.06. The van der Waals surface area contributed by atoms with Gasteiger partial charge in [0.1, 0.15) is 0 Å². The zero-order valence-electron chi connectivity index (χ0n) is 16.1. The number of hydrogen-bond acceptors (Lipinski definition) is 4. The molecular formula is C20H31N3O3S. The topological polar surface area (TPSA) is 78.5 Å². The minimum Gasteiger partial charge on any atom is -0.325 e. The van der Waals surface area contributed by atoms with Gasteiger partial charge >= 0.3 is 0 Å². The van der Waals surface area contributed by atoms with Gasteiger partial charge in [0.15, 0.2) is 0 Å². The van der Waals surface area contributed by atoms with Crippen LogP contribution in [-0.4, -0.2) is 43.8 Å². The van der Waals surface area contributed by atoms with Crippen molar-refractivity contribution in [3.63, 3.8) is 0 Å². The predicted molar refractivity (Wildman–Crippen MR) is 107 cm³/mol. The highest BCUT2D eigenvalue weighted by Crippen LogP contribution is 2.22. The maximum absolute atomic E-state index is 12.6. The van der Waals surface area contributed by atoms with Crippen molar-refractivity contribution in [1.29, 1.82) is 0 Å². The monoisotopic (exact) mass is 393 g/mol. The second-order valence-electron chi connectivity index (χ2n) is 7.70. The Bertz CT molecular complexity index is 719. The second kappa shape index (κ2) is 9.17. The molecule has 1 aliphatic carbocycles. The van der Waals surface area contributed by atoms with Crippen LogP contribution in [0.25, 0.3) is 0 Å². The molecule has 2 fully saturated rings. The van der Waals surface area contributed by atoms with E-state index in [1.165, 1.54) is 30.0 Å². The molecule has 1 atom stereocenters. The minimum absolute atomic E-state index is 0.0885. The number of sulfonamides is 1. The van der Waals surface area contributed by atoms with E-state index in [-0.39, 0.29) is 16.8 Å². The lowest BCUT2D eigenvalue weighted by atomic mass is 10.1. The van der Waals surface area contributed by atoms with E-state index in [1.807, 2.05) is 6.92 Å². The average Bonchev–Trinajstić information content (AvgIpc) is 3.09. The Morgan fingerprint density at radius 1 is 1.00 bits per heavy atom. The zero-order chi connectivity index (χ0) is 19.3. The van der Waals surface area contributed by atoms with Gasteiger partial charge in [0, 0.05) is 24.8 Å². The SMILES string of the molecule is C[C@@H](NC1CCCCCC1)C(=O)Nc1ccc(S(=O)(=O)N2CCCC2)cc1. The molecule has 2 aliphatic rings. The lowest BCUT2D eigenvalue weighted by molar-refractivity contribution is -0.118. The van der Waals surface area contributed by atoms with Gasteiger partial charge in [-0.15, -0.1) is 0 Å². The van der Waals surface area contributed by atoms with Gasteiger partial charge in [0.25, 0.3) is 0 Å². The molecule has 6 nitrogen and oxygen atoms in total. The Labute approximate surface area is 162 Å². The zero-order valence-corrected chi connectivity index (χ0v) is 16.9. The quantitative estimate of drug-likeness (QED) is 0.728. The number of amides is 1. The van der Waals surface area contributed by atoms with Crippen LogP contribution in [0.4, 0.5) is 5.69 Å². The van der Waals surface area contributed by atoms with Crippen LogP contribution >= 0.6 is 0 Å². The van der Waals surface area contributed by atoms with Crippen LogP contribution < -0.4 is 10.6 Å². The van der Waals surface area contributed by atoms with E-state index in [0.29, 0.717) is 24.8 Å². The Morgan fingerprint density at radius 2 is 1.59 bits per heavy atom. The fourth-order valence-corrected chi connectivity index (χ4v) is 5.43. The van der Waals surface area contributed by atoms with Crippen molar-refractivity contribution in [2.24, 2.45) is 0 Å². The molecule has 1 saturated carbocycles. The number of nitrogens with zero attached hydrogens (tertiary/aromatic N) is 1. The average molecular weight is 394 g/mol. The fourth-order valence-electron chi connectivity index (χ4n) is 3.91. The molecule has 0 bridgehead atoms. The number of carbonyl (C=O) groups excluding carboxylic acids is 1. The molecule has 2 N–H and O–H groups in total. The van der Waals surface area contributed by atoms with E-state index in [9.17, 15) is 13.2 Å². The summed E-state index contributed by atoms with van der Waals surface area (Å²) in [6.07, 6.45) is 9.09. The molecule has 1 aromatic rings. The molecule has 1 heterocycles. The largest absolute Gasteiger partial charge is 0.325 e. The first-order valence-corrected chi connectivity index (χ1v) is 11.6. The van der Waals surface area contributed by atoms with Crippen LogP contribution in [0.2, 0.25) is 0 Å². The molecule has 150 valence electrons. The number of anilines is 1. The first kappa shape index (κ1) is 20.3. The smallest absolute Gasteiger partial charge is 0.243 e. The first-order chi connectivity index (χ1) is 13.0. The fraction of sp³-hybridized carbons (Fsp3) is 0.650. The van der Waals surface area contributed by atoms with Crippen molar-refractivity contribution >= 4 is 21.6 Å². The highest BCUT2D eigenvalue weighted by Gasteiger charge is 2.27. The minimum atomic E-state index is -3.41. The highest BCUT2D eigenvalue weighted by atomic mass is 32.2. The van der Waals surface area contributed by atoms with E-state index >= 15 is 0 Å². The van der Waals surface area contributed by atoms with E-state index in [1.54, 1.807) is 24.3 Å². The summed E-state index contributed by atoms with van der Waals surface area (Å²) in [7, 11) is -3.41. The molecule has 7 heteroatoms. The van der Waals surface area contributed by atoms with Crippen molar-refractivity contribution in [2.75, 3.05) is 18.4 Å². The van der Waals surface area contributed by atoms with Gasteiger partial charge in [-0.1, -0.05) is 25.7 Å². The third-order valence-electron chi connectivity index (χ3n) is 5.56. The van der Waals surface area contributed by atoms with Gasteiger partial charge in [0.05, 0.1) is 10.9 Å². The maximum Gasteiger partial charge on any atom is 0.243 e. The molecule has 0 spiro atoms. The lowest BCUT2D eigenvalue weighted by Crippen LogP contribution is -2.43. The molecule has 1 saturated heterocycles. The van der Waals surface area contributed by atoms with Crippen molar-refractivity contribution in [3.05, 3.63) is 24.3 Å². The van der Waals surface area contributed by atoms with Gasteiger partial charge in [-0.05, 0) is 56.9 Å². The Morgan fingerprint density at radius 3 is 2.19 bits per heavy atom. The Hall–Kier alpha value is -1.44. The van der Waals surface area contributed by atoms with Crippen molar-refractivity contribution in [2.45, 2.75) is 75.3 Å². The Balaban J connectivity index is 1.56. The molecule has 1 aromatic carbocycles. The summed E-state index contributed by atoms with van der Waals surface area (Å²) < 4.78 is 26.6. The van der Waals surface area contributed by atoms with Crippen LogP contribution in [0.5, 0.6) is 0 Å². The second-order valence-corrected chi connectivity index (χ2v) is 9.64. The Kier molecular flexibility index (Phi) is 6.89. The lowest BCUT2D eigenvalue weighted by Gasteiger charge is -2.21. The first-order valence-electron chi connectivity index (χ1n) is 10.1. The van der Waals surface area contributed by atoms with E-state index in [2.05, 4.69) is 10.6 Å². The summed E-state index contributed by atoms with van der Waals surface area (Å²) in [5, 5.41) is 6.32. The van der Waals surface area contributed by atoms with Crippen LogP contribution in [0.15, 0.2) is 29.2 Å². The highest BCUT2D eigenvalue weighted by molar-refractivity contribution is 7.89.